The fourth-order valence-electron chi connectivity index (χ4n) is 3.25. The monoisotopic (exact) mass is 270 g/mol. The molecule has 0 spiro atoms. The van der Waals surface area contributed by atoms with Crippen LogP contribution in [0.4, 0.5) is 0 Å². The number of carbonyl (C=O) groups is 1. The topological polar surface area (TPSA) is 44.9 Å². The van der Waals surface area contributed by atoms with E-state index >= 15 is 0 Å². The zero-order valence-corrected chi connectivity index (χ0v) is 12.0. The van der Waals surface area contributed by atoms with Crippen LogP contribution in [0.25, 0.3) is 10.9 Å². The van der Waals surface area contributed by atoms with Crippen LogP contribution >= 0.6 is 0 Å². The van der Waals surface area contributed by atoms with Crippen molar-refractivity contribution in [3.05, 3.63) is 36.0 Å². The Morgan fingerprint density at radius 1 is 1.25 bits per heavy atom. The number of hydrogen-bond donors (Lipinski definition) is 2. The second-order valence-corrected chi connectivity index (χ2v) is 6.30. The molecule has 3 nitrogen and oxygen atoms in total. The Kier molecular flexibility index (Phi) is 3.51. The molecule has 0 bridgehead atoms. The van der Waals surface area contributed by atoms with Crippen molar-refractivity contribution in [2.75, 3.05) is 6.54 Å². The van der Waals surface area contributed by atoms with Gasteiger partial charge in [0.05, 0.1) is 0 Å². The lowest BCUT2D eigenvalue weighted by Gasteiger charge is -2.33. The molecule has 1 aliphatic rings. The molecular weight excluding hydrogens is 248 g/mol. The fraction of sp³-hybridized carbons (Fsp3) is 0.471. The molecule has 1 heterocycles. The van der Waals surface area contributed by atoms with Gasteiger partial charge in [-0.3, -0.25) is 4.79 Å². The number of nitrogens with one attached hydrogen (secondary N) is 2. The first-order valence-electron chi connectivity index (χ1n) is 7.52. The summed E-state index contributed by atoms with van der Waals surface area (Å²) in [6.07, 6.45) is 8.25. The van der Waals surface area contributed by atoms with Crippen LogP contribution in [0.2, 0.25) is 0 Å². The van der Waals surface area contributed by atoms with Crippen molar-refractivity contribution in [3.63, 3.8) is 0 Å². The highest BCUT2D eigenvalue weighted by Crippen LogP contribution is 2.35. The van der Waals surface area contributed by atoms with E-state index in [9.17, 15) is 4.79 Å². The normalized spacial score (nSPS) is 18.1. The van der Waals surface area contributed by atoms with E-state index < -0.39 is 0 Å². The van der Waals surface area contributed by atoms with E-state index in [0.717, 1.165) is 23.0 Å². The van der Waals surface area contributed by atoms with E-state index in [-0.39, 0.29) is 11.3 Å². The lowest BCUT2D eigenvalue weighted by molar-refractivity contribution is 0.0921. The smallest absolute Gasteiger partial charge is 0.251 e. The second-order valence-electron chi connectivity index (χ2n) is 6.30. The Morgan fingerprint density at radius 2 is 2.05 bits per heavy atom. The first kappa shape index (κ1) is 13.2. The summed E-state index contributed by atoms with van der Waals surface area (Å²) in [6.45, 7) is 3.08. The van der Waals surface area contributed by atoms with E-state index in [1.54, 1.807) is 0 Å². The molecule has 2 N–H and O–H groups in total. The van der Waals surface area contributed by atoms with Crippen LogP contribution in [0, 0.1) is 5.41 Å². The van der Waals surface area contributed by atoms with Gasteiger partial charge in [-0.15, -0.1) is 0 Å². The number of rotatable bonds is 3. The lowest BCUT2D eigenvalue weighted by Crippen LogP contribution is -2.37. The van der Waals surface area contributed by atoms with Crippen LogP contribution in [0.1, 0.15) is 49.4 Å². The largest absolute Gasteiger partial charge is 0.361 e. The highest BCUT2D eigenvalue weighted by molar-refractivity contribution is 6.06. The second kappa shape index (κ2) is 5.31. The average molecular weight is 270 g/mol. The Morgan fingerprint density at radius 3 is 2.85 bits per heavy atom. The van der Waals surface area contributed by atoms with Crippen molar-refractivity contribution in [2.45, 2.75) is 39.0 Å². The summed E-state index contributed by atoms with van der Waals surface area (Å²) in [5.41, 5.74) is 2.06. The Balaban J connectivity index is 1.71. The molecule has 1 amide bonds. The molecule has 2 aromatic rings. The van der Waals surface area contributed by atoms with Gasteiger partial charge < -0.3 is 10.3 Å². The molecule has 1 saturated carbocycles. The van der Waals surface area contributed by atoms with E-state index in [1.807, 2.05) is 30.5 Å². The van der Waals surface area contributed by atoms with Crippen LogP contribution in [0.5, 0.6) is 0 Å². The molecule has 0 atom stereocenters. The van der Waals surface area contributed by atoms with Crippen LogP contribution in [-0.2, 0) is 0 Å². The van der Waals surface area contributed by atoms with Crippen LogP contribution in [0.3, 0.4) is 0 Å². The van der Waals surface area contributed by atoms with Crippen molar-refractivity contribution in [3.8, 4) is 0 Å². The first-order chi connectivity index (χ1) is 9.68. The van der Waals surface area contributed by atoms with E-state index in [0.29, 0.717) is 0 Å². The number of amides is 1. The maximum absolute atomic E-state index is 12.4. The standard InChI is InChI=1S/C17H22N2O/c1-17(9-3-2-4-10-17)12-19-16(20)14-6-5-7-15-13(14)8-11-18-15/h5-8,11,18H,2-4,9-10,12H2,1H3,(H,19,20). The van der Waals surface area contributed by atoms with Crippen molar-refractivity contribution < 1.29 is 4.79 Å². The molecule has 1 aromatic carbocycles. The Bertz CT molecular complexity index is 608. The predicted octanol–water partition coefficient (Wildman–Crippen LogP) is 3.87. The number of hydrogen-bond acceptors (Lipinski definition) is 1. The van der Waals surface area contributed by atoms with Crippen LogP contribution < -0.4 is 5.32 Å². The zero-order valence-electron chi connectivity index (χ0n) is 12.0. The number of aromatic amines is 1. The molecule has 0 radical (unpaired) electrons. The number of carbonyl (C=O) groups excluding carboxylic acids is 1. The van der Waals surface area contributed by atoms with Gasteiger partial charge in [-0.05, 0) is 36.5 Å². The summed E-state index contributed by atoms with van der Waals surface area (Å²) in [5, 5.41) is 4.14. The third-order valence-electron chi connectivity index (χ3n) is 4.58. The molecule has 0 saturated heterocycles. The summed E-state index contributed by atoms with van der Waals surface area (Å²) in [5.74, 6) is 0.0435. The molecule has 0 aliphatic heterocycles. The van der Waals surface area contributed by atoms with Crippen LogP contribution in [0.15, 0.2) is 30.5 Å². The molecule has 106 valence electrons. The highest BCUT2D eigenvalue weighted by atomic mass is 16.1. The van der Waals surface area contributed by atoms with Crippen LogP contribution in [-0.4, -0.2) is 17.4 Å². The van der Waals surface area contributed by atoms with Crippen molar-refractivity contribution in [1.82, 2.24) is 10.3 Å². The predicted molar refractivity (Wildman–Crippen MR) is 81.8 cm³/mol. The summed E-state index contributed by atoms with van der Waals surface area (Å²) >= 11 is 0. The third kappa shape index (κ3) is 2.58. The fourth-order valence-corrected chi connectivity index (χ4v) is 3.25. The van der Waals surface area contributed by atoms with Gasteiger partial charge in [-0.25, -0.2) is 0 Å². The summed E-state index contributed by atoms with van der Waals surface area (Å²) in [7, 11) is 0. The SMILES string of the molecule is CC1(CNC(=O)c2cccc3[nH]ccc23)CCCCC1. The average Bonchev–Trinajstić information content (AvgIpc) is 2.94. The molecule has 3 rings (SSSR count). The highest BCUT2D eigenvalue weighted by Gasteiger charge is 2.27. The Labute approximate surface area is 119 Å². The molecule has 20 heavy (non-hydrogen) atoms. The molecule has 1 aromatic heterocycles. The molecule has 0 unspecified atom stereocenters. The van der Waals surface area contributed by atoms with Gasteiger partial charge in [0.2, 0.25) is 0 Å². The van der Waals surface area contributed by atoms with Crippen molar-refractivity contribution >= 4 is 16.8 Å². The molecule has 1 fully saturated rings. The first-order valence-corrected chi connectivity index (χ1v) is 7.52. The van der Waals surface area contributed by atoms with Gasteiger partial charge in [0, 0.05) is 29.2 Å². The van der Waals surface area contributed by atoms with E-state index in [1.165, 1.54) is 32.1 Å². The number of benzene rings is 1. The minimum Gasteiger partial charge on any atom is -0.361 e. The van der Waals surface area contributed by atoms with E-state index in [4.69, 9.17) is 0 Å². The van der Waals surface area contributed by atoms with Gasteiger partial charge in [0.15, 0.2) is 0 Å². The lowest BCUT2D eigenvalue weighted by atomic mass is 9.76. The summed E-state index contributed by atoms with van der Waals surface area (Å²) < 4.78 is 0. The Hall–Kier alpha value is -1.77. The van der Waals surface area contributed by atoms with Gasteiger partial charge in [-0.2, -0.15) is 0 Å². The van der Waals surface area contributed by atoms with Gasteiger partial charge in [0.25, 0.3) is 5.91 Å². The molecule has 1 aliphatic carbocycles. The third-order valence-corrected chi connectivity index (χ3v) is 4.58. The van der Waals surface area contributed by atoms with Gasteiger partial charge >= 0.3 is 0 Å². The molecule has 3 heteroatoms. The maximum atomic E-state index is 12.4. The number of aromatic nitrogens is 1. The minimum absolute atomic E-state index is 0.0435. The van der Waals surface area contributed by atoms with Crippen molar-refractivity contribution in [1.29, 1.82) is 0 Å². The minimum atomic E-state index is 0.0435. The maximum Gasteiger partial charge on any atom is 0.251 e. The number of fused-ring (bicyclic) bond motifs is 1. The van der Waals surface area contributed by atoms with Gasteiger partial charge in [-0.1, -0.05) is 32.3 Å². The van der Waals surface area contributed by atoms with Crippen molar-refractivity contribution in [2.24, 2.45) is 5.41 Å². The quantitative estimate of drug-likeness (QED) is 0.873. The van der Waals surface area contributed by atoms with Gasteiger partial charge in [0.1, 0.15) is 0 Å². The number of H-pyrrole nitrogens is 1. The zero-order chi connectivity index (χ0) is 14.0. The van der Waals surface area contributed by atoms with E-state index in [2.05, 4.69) is 17.2 Å². The summed E-state index contributed by atoms with van der Waals surface area (Å²) in [6, 6.07) is 7.78. The molecular formula is C17H22N2O. The summed E-state index contributed by atoms with van der Waals surface area (Å²) in [4.78, 5) is 15.6.